The highest BCUT2D eigenvalue weighted by Gasteiger charge is 2.08. The molecule has 0 fully saturated rings. The van der Waals surface area contributed by atoms with Gasteiger partial charge in [0.2, 0.25) is 0 Å². The lowest BCUT2D eigenvalue weighted by molar-refractivity contribution is -0.123. The molecule has 31 heavy (non-hydrogen) atoms. The van der Waals surface area contributed by atoms with Crippen LogP contribution in [0.15, 0.2) is 48.5 Å². The number of rotatable bonds is 10. The van der Waals surface area contributed by atoms with Crippen LogP contribution in [-0.4, -0.2) is 49.2 Å². The largest absolute Gasteiger partial charge is 0.489 e. The highest BCUT2D eigenvalue weighted by Crippen LogP contribution is 2.26. The molecule has 174 valence electrons. The Morgan fingerprint density at radius 2 is 1.42 bits per heavy atom. The highest BCUT2D eigenvalue weighted by molar-refractivity contribution is 5.77. The normalized spacial score (nSPS) is 10.1. The number of aliphatic hydroxyl groups is 2. The van der Waals surface area contributed by atoms with Gasteiger partial charge in [-0.3, -0.25) is 4.79 Å². The molecule has 0 unspecified atom stereocenters. The summed E-state index contributed by atoms with van der Waals surface area (Å²) in [4.78, 5) is 11.0. The van der Waals surface area contributed by atoms with Crippen molar-refractivity contribution in [1.82, 2.24) is 0 Å². The molecule has 0 saturated heterocycles. The van der Waals surface area contributed by atoms with E-state index in [4.69, 9.17) is 24.4 Å². The van der Waals surface area contributed by atoms with Gasteiger partial charge in [-0.05, 0) is 43.9 Å². The van der Waals surface area contributed by atoms with E-state index in [0.717, 1.165) is 30.8 Å². The smallest absolute Gasteiger partial charge is 0.154 e. The van der Waals surface area contributed by atoms with Gasteiger partial charge in [0, 0.05) is 18.8 Å². The van der Waals surface area contributed by atoms with Crippen molar-refractivity contribution >= 4 is 6.29 Å². The zero-order valence-corrected chi connectivity index (χ0v) is 19.4. The van der Waals surface area contributed by atoms with Crippen molar-refractivity contribution < 1.29 is 29.2 Å². The number of ether oxygens (including phenoxy) is 3. The van der Waals surface area contributed by atoms with Gasteiger partial charge in [0.05, 0.1) is 13.2 Å². The molecule has 0 amide bonds. The van der Waals surface area contributed by atoms with Gasteiger partial charge in [-0.2, -0.15) is 0 Å². The van der Waals surface area contributed by atoms with Crippen LogP contribution in [0, 0.1) is 0 Å². The lowest BCUT2D eigenvalue weighted by Crippen LogP contribution is -2.11. The van der Waals surface area contributed by atoms with Crippen molar-refractivity contribution in [3.63, 3.8) is 0 Å². The number of para-hydroxylation sites is 1. The van der Waals surface area contributed by atoms with Crippen LogP contribution in [0.1, 0.15) is 62.0 Å². The van der Waals surface area contributed by atoms with E-state index >= 15 is 0 Å². The molecule has 0 radical (unpaired) electrons. The van der Waals surface area contributed by atoms with Crippen molar-refractivity contribution in [1.29, 1.82) is 0 Å². The topological polar surface area (TPSA) is 85.2 Å². The Kier molecular flexibility index (Phi) is 17.2. The van der Waals surface area contributed by atoms with Gasteiger partial charge >= 0.3 is 0 Å². The molecule has 0 spiro atoms. The molecule has 0 saturated carbocycles. The van der Waals surface area contributed by atoms with Crippen LogP contribution in [0.5, 0.6) is 5.75 Å². The molecule has 2 rings (SSSR count). The fourth-order valence-electron chi connectivity index (χ4n) is 2.54. The Morgan fingerprint density at radius 3 is 1.94 bits per heavy atom. The standard InChI is InChI=1S/C17H18O2.C6H14O2.C2H6O2/c1-13(2)16-9-5-6-10-17(16)19-12-15-8-4-3-7-14(15)11-18;1-4-7-6(3)8-5-2;3-1-2-4/h3-11,13H,12H2,1-2H3;6H,4-5H2,1-3H3;3-4H,1-2H2. The predicted octanol–water partition coefficient (Wildman–Crippen LogP) is 4.58. The number of hydrogen-bond acceptors (Lipinski definition) is 6. The third kappa shape index (κ3) is 12.9. The number of aliphatic hydroxyl groups excluding tert-OH is 2. The van der Waals surface area contributed by atoms with E-state index in [1.165, 1.54) is 5.56 Å². The van der Waals surface area contributed by atoms with Crippen molar-refractivity contribution in [3.05, 3.63) is 65.2 Å². The maximum atomic E-state index is 11.0. The molecule has 0 heterocycles. The quantitative estimate of drug-likeness (QED) is 0.421. The highest BCUT2D eigenvalue weighted by atomic mass is 16.7. The Balaban J connectivity index is 0.000000625. The molecule has 6 heteroatoms. The Bertz CT molecular complexity index is 694. The van der Waals surface area contributed by atoms with Crippen LogP contribution in [-0.2, 0) is 16.1 Å². The molecule has 0 aliphatic carbocycles. The number of aldehydes is 1. The van der Waals surface area contributed by atoms with E-state index in [1.54, 1.807) is 6.07 Å². The minimum absolute atomic E-state index is 0.0370. The molecule has 0 aliphatic rings. The first-order chi connectivity index (χ1) is 14.9. The third-order valence-corrected chi connectivity index (χ3v) is 4.01. The van der Waals surface area contributed by atoms with E-state index in [1.807, 2.05) is 57.2 Å². The van der Waals surface area contributed by atoms with E-state index in [-0.39, 0.29) is 19.5 Å². The van der Waals surface area contributed by atoms with E-state index in [2.05, 4.69) is 19.9 Å². The summed E-state index contributed by atoms with van der Waals surface area (Å²) in [5.74, 6) is 1.30. The number of carbonyl (C=O) groups excluding carboxylic acids is 1. The Morgan fingerprint density at radius 1 is 0.871 bits per heavy atom. The summed E-state index contributed by atoms with van der Waals surface area (Å²) in [5, 5.41) is 15.2. The molecule has 2 aromatic carbocycles. The minimum atomic E-state index is -0.125. The van der Waals surface area contributed by atoms with Gasteiger partial charge in [-0.15, -0.1) is 0 Å². The molecular weight excluding hydrogens is 396 g/mol. The van der Waals surface area contributed by atoms with Crippen LogP contribution in [0.2, 0.25) is 0 Å². The van der Waals surface area contributed by atoms with Crippen LogP contribution >= 0.6 is 0 Å². The molecule has 0 aromatic heterocycles. The van der Waals surface area contributed by atoms with Crippen molar-refractivity contribution in [2.75, 3.05) is 26.4 Å². The summed E-state index contributed by atoms with van der Waals surface area (Å²) >= 11 is 0. The van der Waals surface area contributed by atoms with E-state index < -0.39 is 0 Å². The first-order valence-electron chi connectivity index (χ1n) is 10.6. The second-order valence-electron chi connectivity index (χ2n) is 6.72. The summed E-state index contributed by atoms with van der Waals surface area (Å²) in [6, 6.07) is 15.5. The van der Waals surface area contributed by atoms with Crippen LogP contribution < -0.4 is 4.74 Å². The SMILES string of the molecule is CC(C)c1ccccc1OCc1ccccc1C=O.CCOC(C)OCC.OCCO. The lowest BCUT2D eigenvalue weighted by Gasteiger charge is -2.14. The predicted molar refractivity (Wildman–Crippen MR) is 124 cm³/mol. The summed E-state index contributed by atoms with van der Waals surface area (Å²) in [7, 11) is 0. The molecule has 6 nitrogen and oxygen atoms in total. The Hall–Kier alpha value is -2.25. The van der Waals surface area contributed by atoms with E-state index in [9.17, 15) is 4.79 Å². The molecule has 2 aromatic rings. The molecule has 0 aliphatic heterocycles. The summed E-state index contributed by atoms with van der Waals surface area (Å²) in [6.07, 6.45) is 0.831. The fourth-order valence-corrected chi connectivity index (χ4v) is 2.54. The second kappa shape index (κ2) is 18.5. The number of benzene rings is 2. The number of carbonyl (C=O) groups is 1. The van der Waals surface area contributed by atoms with E-state index in [0.29, 0.717) is 18.1 Å². The van der Waals surface area contributed by atoms with Gasteiger partial charge in [0.25, 0.3) is 0 Å². The number of hydrogen-bond donors (Lipinski definition) is 2. The first-order valence-corrected chi connectivity index (χ1v) is 10.6. The maximum Gasteiger partial charge on any atom is 0.154 e. The van der Waals surface area contributed by atoms with Crippen LogP contribution in [0.3, 0.4) is 0 Å². The van der Waals surface area contributed by atoms with Gasteiger partial charge in [0.1, 0.15) is 18.6 Å². The van der Waals surface area contributed by atoms with Gasteiger partial charge in [-0.1, -0.05) is 56.3 Å². The van der Waals surface area contributed by atoms with Crippen molar-refractivity contribution in [2.24, 2.45) is 0 Å². The lowest BCUT2D eigenvalue weighted by atomic mass is 10.0. The Labute approximate surface area is 186 Å². The van der Waals surface area contributed by atoms with Crippen molar-refractivity contribution in [3.8, 4) is 5.75 Å². The molecule has 0 bridgehead atoms. The summed E-state index contributed by atoms with van der Waals surface area (Å²) in [6.45, 7) is 11.7. The zero-order valence-electron chi connectivity index (χ0n) is 19.4. The zero-order chi connectivity index (χ0) is 23.5. The van der Waals surface area contributed by atoms with Crippen LogP contribution in [0.25, 0.3) is 0 Å². The second-order valence-corrected chi connectivity index (χ2v) is 6.72. The average Bonchev–Trinajstić information content (AvgIpc) is 2.79. The van der Waals surface area contributed by atoms with Gasteiger partial charge in [-0.25, -0.2) is 0 Å². The summed E-state index contributed by atoms with van der Waals surface area (Å²) < 4.78 is 16.0. The minimum Gasteiger partial charge on any atom is -0.489 e. The van der Waals surface area contributed by atoms with Crippen LogP contribution in [0.4, 0.5) is 0 Å². The van der Waals surface area contributed by atoms with Gasteiger partial charge < -0.3 is 24.4 Å². The average molecular weight is 435 g/mol. The summed E-state index contributed by atoms with van der Waals surface area (Å²) in [5.41, 5.74) is 2.78. The van der Waals surface area contributed by atoms with Crippen molar-refractivity contribution in [2.45, 2.75) is 53.4 Å². The third-order valence-electron chi connectivity index (χ3n) is 4.01. The first kappa shape index (κ1) is 28.8. The molecule has 0 atom stereocenters. The fraction of sp³-hybridized carbons (Fsp3) is 0.480. The monoisotopic (exact) mass is 434 g/mol. The molecule has 2 N–H and O–H groups in total. The van der Waals surface area contributed by atoms with Gasteiger partial charge in [0.15, 0.2) is 6.29 Å². The maximum absolute atomic E-state index is 11.0. The molecular formula is C25H38O6.